The Balaban J connectivity index is 2.02. The quantitative estimate of drug-likeness (QED) is 0.582. The van der Waals surface area contributed by atoms with Crippen LogP contribution in [0.5, 0.6) is 0 Å². The minimum atomic E-state index is 0.886. The Morgan fingerprint density at radius 3 is 2.40 bits per heavy atom. The highest BCUT2D eigenvalue weighted by Gasteiger charge is 2.40. The first kappa shape index (κ1) is 6.66. The topological polar surface area (TPSA) is 12.0 Å². The van der Waals surface area contributed by atoms with Gasteiger partial charge in [-0.3, -0.25) is 0 Å². The molecule has 2 unspecified atom stereocenters. The largest absolute Gasteiger partial charge is 0.314 e. The third kappa shape index (κ3) is 0.878. The van der Waals surface area contributed by atoms with Gasteiger partial charge in [-0.05, 0) is 37.1 Å². The summed E-state index contributed by atoms with van der Waals surface area (Å²) in [6.07, 6.45) is 2.91. The second-order valence-corrected chi connectivity index (χ2v) is 4.24. The number of piperidine rings is 1. The van der Waals surface area contributed by atoms with Crippen molar-refractivity contribution in [3.05, 3.63) is 0 Å². The first-order valence-corrected chi connectivity index (χ1v) is 4.50. The van der Waals surface area contributed by atoms with Gasteiger partial charge in [0.25, 0.3) is 0 Å². The van der Waals surface area contributed by atoms with Gasteiger partial charge < -0.3 is 5.32 Å². The van der Waals surface area contributed by atoms with Crippen molar-refractivity contribution in [3.8, 4) is 0 Å². The molecule has 0 radical (unpaired) electrons. The van der Waals surface area contributed by atoms with E-state index in [-0.39, 0.29) is 0 Å². The van der Waals surface area contributed by atoms with Gasteiger partial charge in [-0.1, -0.05) is 13.8 Å². The third-order valence-electron chi connectivity index (χ3n) is 3.27. The van der Waals surface area contributed by atoms with Crippen molar-refractivity contribution in [2.24, 2.45) is 17.8 Å². The zero-order chi connectivity index (χ0) is 7.14. The predicted molar refractivity (Wildman–Crippen MR) is 42.8 cm³/mol. The van der Waals surface area contributed by atoms with Crippen LogP contribution in [-0.4, -0.2) is 12.6 Å². The summed E-state index contributed by atoms with van der Waals surface area (Å²) in [5, 5.41) is 3.54. The summed E-state index contributed by atoms with van der Waals surface area (Å²) in [6.45, 7) is 6.03. The standard InChI is InChI=1S/C9H17N/c1-6(2)9-4-8-3-7(9)5-10-8/h6-10H,3-5H2,1-2H3/t7-,8?,9?/m1/s1. The number of rotatable bonds is 1. The van der Waals surface area contributed by atoms with E-state index in [1.165, 1.54) is 19.4 Å². The second-order valence-electron chi connectivity index (χ2n) is 4.24. The van der Waals surface area contributed by atoms with E-state index in [1.54, 1.807) is 0 Å². The summed E-state index contributed by atoms with van der Waals surface area (Å²) < 4.78 is 0. The highest BCUT2D eigenvalue weighted by Crippen LogP contribution is 2.40. The van der Waals surface area contributed by atoms with Crippen LogP contribution in [0.4, 0.5) is 0 Å². The Labute approximate surface area is 63.2 Å². The lowest BCUT2D eigenvalue weighted by Crippen LogP contribution is -2.31. The van der Waals surface area contributed by atoms with Crippen molar-refractivity contribution in [2.45, 2.75) is 32.7 Å². The van der Waals surface area contributed by atoms with Crippen LogP contribution in [0.1, 0.15) is 26.7 Å². The number of hydrogen-bond donors (Lipinski definition) is 1. The maximum absolute atomic E-state index is 3.54. The van der Waals surface area contributed by atoms with Gasteiger partial charge in [0.2, 0.25) is 0 Å². The molecule has 1 N–H and O–H groups in total. The molecule has 1 heteroatoms. The molecule has 1 heterocycles. The lowest BCUT2D eigenvalue weighted by atomic mass is 9.85. The maximum atomic E-state index is 3.54. The van der Waals surface area contributed by atoms with Crippen molar-refractivity contribution in [2.75, 3.05) is 6.54 Å². The average molecular weight is 139 g/mol. The molecule has 0 aromatic heterocycles. The van der Waals surface area contributed by atoms with Gasteiger partial charge in [0, 0.05) is 6.04 Å². The molecule has 10 heavy (non-hydrogen) atoms. The van der Waals surface area contributed by atoms with Gasteiger partial charge in [0.15, 0.2) is 0 Å². The van der Waals surface area contributed by atoms with E-state index in [4.69, 9.17) is 0 Å². The van der Waals surface area contributed by atoms with Crippen LogP contribution in [0, 0.1) is 17.8 Å². The van der Waals surface area contributed by atoms with Crippen LogP contribution < -0.4 is 5.32 Å². The molecule has 1 aliphatic heterocycles. The van der Waals surface area contributed by atoms with Crippen molar-refractivity contribution >= 4 is 0 Å². The van der Waals surface area contributed by atoms with Gasteiger partial charge in [-0.2, -0.15) is 0 Å². The minimum Gasteiger partial charge on any atom is -0.314 e. The Bertz CT molecular complexity index is 131. The van der Waals surface area contributed by atoms with Gasteiger partial charge in [0.05, 0.1) is 0 Å². The van der Waals surface area contributed by atoms with E-state index in [2.05, 4.69) is 19.2 Å². The molecule has 2 fully saturated rings. The molecule has 2 aliphatic rings. The van der Waals surface area contributed by atoms with E-state index in [0.29, 0.717) is 0 Å². The molecule has 0 spiro atoms. The van der Waals surface area contributed by atoms with E-state index >= 15 is 0 Å². The molecular formula is C9H17N. The smallest absolute Gasteiger partial charge is 0.00732 e. The van der Waals surface area contributed by atoms with E-state index in [1.807, 2.05) is 0 Å². The van der Waals surface area contributed by atoms with Crippen LogP contribution >= 0.6 is 0 Å². The van der Waals surface area contributed by atoms with E-state index in [0.717, 1.165) is 23.8 Å². The highest BCUT2D eigenvalue weighted by atomic mass is 15.0. The summed E-state index contributed by atoms with van der Waals surface area (Å²) in [4.78, 5) is 0. The molecule has 0 amide bonds. The normalized spacial score (nSPS) is 45.3. The van der Waals surface area contributed by atoms with Crippen LogP contribution in [0.25, 0.3) is 0 Å². The monoisotopic (exact) mass is 139 g/mol. The zero-order valence-electron chi connectivity index (χ0n) is 6.93. The number of hydrogen-bond acceptors (Lipinski definition) is 1. The maximum Gasteiger partial charge on any atom is 0.00732 e. The predicted octanol–water partition coefficient (Wildman–Crippen LogP) is 1.64. The molecular weight excluding hydrogens is 122 g/mol. The Hall–Kier alpha value is -0.0400. The van der Waals surface area contributed by atoms with Crippen molar-refractivity contribution in [1.82, 2.24) is 5.32 Å². The van der Waals surface area contributed by atoms with Crippen LogP contribution in [0.2, 0.25) is 0 Å². The van der Waals surface area contributed by atoms with Crippen molar-refractivity contribution < 1.29 is 0 Å². The molecule has 58 valence electrons. The molecule has 1 nitrogen and oxygen atoms in total. The molecule has 1 saturated heterocycles. The summed E-state index contributed by atoms with van der Waals surface area (Å²) >= 11 is 0. The van der Waals surface area contributed by atoms with Gasteiger partial charge in [-0.15, -0.1) is 0 Å². The fourth-order valence-corrected chi connectivity index (χ4v) is 2.69. The molecule has 1 saturated carbocycles. The first-order valence-electron chi connectivity index (χ1n) is 4.50. The highest BCUT2D eigenvalue weighted by molar-refractivity contribution is 4.95. The van der Waals surface area contributed by atoms with Crippen LogP contribution in [-0.2, 0) is 0 Å². The summed E-state index contributed by atoms with van der Waals surface area (Å²) in [7, 11) is 0. The fraction of sp³-hybridized carbons (Fsp3) is 1.00. The van der Waals surface area contributed by atoms with Gasteiger partial charge in [0.1, 0.15) is 0 Å². The fourth-order valence-electron chi connectivity index (χ4n) is 2.69. The summed E-state index contributed by atoms with van der Waals surface area (Å²) in [5.74, 6) is 2.97. The van der Waals surface area contributed by atoms with E-state index < -0.39 is 0 Å². The third-order valence-corrected chi connectivity index (χ3v) is 3.27. The van der Waals surface area contributed by atoms with Crippen molar-refractivity contribution in [1.29, 1.82) is 0 Å². The lowest BCUT2D eigenvalue weighted by Gasteiger charge is -2.25. The molecule has 2 rings (SSSR count). The lowest BCUT2D eigenvalue weighted by molar-refractivity contribution is 0.269. The van der Waals surface area contributed by atoms with Crippen molar-refractivity contribution in [3.63, 3.8) is 0 Å². The number of nitrogens with one attached hydrogen (secondary N) is 1. The average Bonchev–Trinajstić information content (AvgIpc) is 2.44. The van der Waals surface area contributed by atoms with Gasteiger partial charge in [-0.25, -0.2) is 0 Å². The molecule has 1 aliphatic carbocycles. The Morgan fingerprint density at radius 2 is 2.10 bits per heavy atom. The molecule has 0 aromatic rings. The number of fused-ring (bicyclic) bond motifs is 2. The molecule has 3 atom stereocenters. The summed E-state index contributed by atoms with van der Waals surface area (Å²) in [5.41, 5.74) is 0. The Morgan fingerprint density at radius 1 is 1.30 bits per heavy atom. The minimum absolute atomic E-state index is 0.886. The second kappa shape index (κ2) is 2.23. The van der Waals surface area contributed by atoms with Gasteiger partial charge >= 0.3 is 0 Å². The van der Waals surface area contributed by atoms with E-state index in [9.17, 15) is 0 Å². The first-order chi connectivity index (χ1) is 4.77. The Kier molecular flexibility index (Phi) is 1.48. The molecule has 0 aromatic carbocycles. The molecule has 2 bridgehead atoms. The van der Waals surface area contributed by atoms with Crippen LogP contribution in [0.15, 0.2) is 0 Å². The van der Waals surface area contributed by atoms with Crippen LogP contribution in [0.3, 0.4) is 0 Å². The zero-order valence-corrected chi connectivity index (χ0v) is 6.93. The SMILES string of the molecule is CC(C)C1CC2C[C@@H]1CN2. The summed E-state index contributed by atoms with van der Waals surface area (Å²) in [6, 6.07) is 0.886.